The van der Waals surface area contributed by atoms with Crippen molar-refractivity contribution in [2.75, 3.05) is 32.0 Å². The molecule has 5 heteroatoms. The minimum Gasteiger partial charge on any atom is -0.395 e. The Morgan fingerprint density at radius 2 is 1.75 bits per heavy atom. The fourth-order valence-electron chi connectivity index (χ4n) is 2.06. The van der Waals surface area contributed by atoms with Crippen LogP contribution in [0.3, 0.4) is 0 Å². The normalized spacial score (nSPS) is 11.9. The van der Waals surface area contributed by atoms with E-state index >= 15 is 0 Å². The number of rotatable bonds is 10. The first kappa shape index (κ1) is 17.1. The van der Waals surface area contributed by atoms with Gasteiger partial charge in [0, 0.05) is 13.1 Å². The highest BCUT2D eigenvalue weighted by Crippen LogP contribution is 2.10. The number of aliphatic hydroxyl groups is 1. The maximum atomic E-state index is 12.2. The molecule has 1 aromatic carbocycles. The van der Waals surface area contributed by atoms with Crippen LogP contribution in [0.1, 0.15) is 26.2 Å². The molecule has 0 amide bonds. The van der Waals surface area contributed by atoms with E-state index < -0.39 is 9.84 Å². The van der Waals surface area contributed by atoms with E-state index in [1.807, 2.05) is 11.0 Å². The van der Waals surface area contributed by atoms with Gasteiger partial charge in [-0.2, -0.15) is 0 Å². The van der Waals surface area contributed by atoms with Crippen LogP contribution in [0.4, 0.5) is 0 Å². The maximum absolute atomic E-state index is 12.2. The third-order valence-corrected chi connectivity index (χ3v) is 4.98. The first-order valence-corrected chi connectivity index (χ1v) is 8.86. The van der Waals surface area contributed by atoms with Gasteiger partial charge in [0.15, 0.2) is 9.84 Å². The Morgan fingerprint density at radius 3 is 2.35 bits per heavy atom. The molecule has 0 saturated heterocycles. The lowest BCUT2D eigenvalue weighted by Gasteiger charge is -2.21. The zero-order valence-corrected chi connectivity index (χ0v) is 13.0. The quantitative estimate of drug-likeness (QED) is 0.671. The number of sulfone groups is 1. The Kier molecular flexibility index (Phi) is 7.80. The lowest BCUT2D eigenvalue weighted by molar-refractivity contribution is 0.200. The molecular weight excluding hydrogens is 274 g/mol. The fraction of sp³-hybridized carbons (Fsp3) is 0.600. The van der Waals surface area contributed by atoms with E-state index in [1.165, 1.54) is 0 Å². The highest BCUT2D eigenvalue weighted by atomic mass is 32.2. The second-order valence-electron chi connectivity index (χ2n) is 4.90. The molecule has 0 atom stereocenters. The summed E-state index contributed by atoms with van der Waals surface area (Å²) in [5.41, 5.74) is 0. The fourth-order valence-corrected chi connectivity index (χ4v) is 3.36. The summed E-state index contributed by atoms with van der Waals surface area (Å²) in [7, 11) is -3.23. The van der Waals surface area contributed by atoms with Crippen molar-refractivity contribution >= 4 is 9.84 Å². The molecule has 0 aliphatic heterocycles. The molecule has 0 bridgehead atoms. The standard InChI is InChI=1S/C15H25NO3S/c1-2-3-7-10-16(11-13-17)12-14-20(18,19)15-8-5-4-6-9-15/h4-6,8-9,17H,2-3,7,10-14H2,1H3. The topological polar surface area (TPSA) is 57.6 Å². The van der Waals surface area contributed by atoms with Gasteiger partial charge in [0.25, 0.3) is 0 Å². The van der Waals surface area contributed by atoms with E-state index in [-0.39, 0.29) is 12.4 Å². The lowest BCUT2D eigenvalue weighted by atomic mass is 10.2. The van der Waals surface area contributed by atoms with Crippen molar-refractivity contribution < 1.29 is 13.5 Å². The molecular formula is C15H25NO3S. The van der Waals surface area contributed by atoms with Crippen molar-refractivity contribution in [3.05, 3.63) is 30.3 Å². The van der Waals surface area contributed by atoms with Crippen LogP contribution < -0.4 is 0 Å². The van der Waals surface area contributed by atoms with Gasteiger partial charge in [-0.15, -0.1) is 0 Å². The summed E-state index contributed by atoms with van der Waals surface area (Å²) in [5, 5.41) is 9.05. The molecule has 0 aliphatic rings. The van der Waals surface area contributed by atoms with E-state index in [1.54, 1.807) is 24.3 Å². The average molecular weight is 299 g/mol. The van der Waals surface area contributed by atoms with Gasteiger partial charge in [-0.3, -0.25) is 0 Å². The monoisotopic (exact) mass is 299 g/mol. The molecule has 0 fully saturated rings. The molecule has 20 heavy (non-hydrogen) atoms. The van der Waals surface area contributed by atoms with Gasteiger partial charge >= 0.3 is 0 Å². The molecule has 114 valence electrons. The molecule has 0 unspecified atom stereocenters. The van der Waals surface area contributed by atoms with Gasteiger partial charge in [0.1, 0.15) is 0 Å². The first-order chi connectivity index (χ1) is 9.60. The van der Waals surface area contributed by atoms with Crippen LogP contribution in [0.25, 0.3) is 0 Å². The van der Waals surface area contributed by atoms with Crippen molar-refractivity contribution in [3.8, 4) is 0 Å². The van der Waals surface area contributed by atoms with Crippen molar-refractivity contribution in [2.24, 2.45) is 0 Å². The number of hydrogen-bond donors (Lipinski definition) is 1. The number of benzene rings is 1. The zero-order valence-electron chi connectivity index (χ0n) is 12.2. The Morgan fingerprint density at radius 1 is 1.05 bits per heavy atom. The average Bonchev–Trinajstić information content (AvgIpc) is 2.46. The van der Waals surface area contributed by atoms with Crippen molar-refractivity contribution in [2.45, 2.75) is 31.1 Å². The Bertz CT molecular complexity index is 459. The van der Waals surface area contributed by atoms with Crippen molar-refractivity contribution in [1.82, 2.24) is 4.90 Å². The number of hydrogen-bond acceptors (Lipinski definition) is 4. The van der Waals surface area contributed by atoms with E-state index in [9.17, 15) is 8.42 Å². The number of unbranched alkanes of at least 4 members (excludes halogenated alkanes) is 2. The highest BCUT2D eigenvalue weighted by Gasteiger charge is 2.15. The summed E-state index contributed by atoms with van der Waals surface area (Å²) in [6.45, 7) is 4.06. The molecule has 0 saturated carbocycles. The molecule has 1 N–H and O–H groups in total. The lowest BCUT2D eigenvalue weighted by Crippen LogP contribution is -2.32. The second-order valence-corrected chi connectivity index (χ2v) is 7.01. The number of aliphatic hydroxyl groups excluding tert-OH is 1. The van der Waals surface area contributed by atoms with Crippen LogP contribution in [0.5, 0.6) is 0 Å². The molecule has 0 radical (unpaired) electrons. The summed E-state index contributed by atoms with van der Waals surface area (Å²) in [5.74, 6) is 0.100. The van der Waals surface area contributed by atoms with Crippen LogP contribution in [-0.2, 0) is 9.84 Å². The van der Waals surface area contributed by atoms with E-state index in [0.717, 1.165) is 25.8 Å². The maximum Gasteiger partial charge on any atom is 0.179 e. The summed E-state index contributed by atoms with van der Waals surface area (Å²) >= 11 is 0. The molecule has 0 aromatic heterocycles. The van der Waals surface area contributed by atoms with E-state index in [4.69, 9.17) is 5.11 Å². The second kappa shape index (κ2) is 9.10. The minimum absolute atomic E-state index is 0.0670. The molecule has 0 spiro atoms. The zero-order chi connectivity index (χ0) is 14.8. The Labute approximate surface area is 122 Å². The smallest absolute Gasteiger partial charge is 0.179 e. The third-order valence-electron chi connectivity index (χ3n) is 3.27. The SMILES string of the molecule is CCCCCN(CCO)CCS(=O)(=O)c1ccccc1. The molecule has 0 aliphatic carbocycles. The first-order valence-electron chi connectivity index (χ1n) is 7.21. The van der Waals surface area contributed by atoms with Gasteiger partial charge in [-0.25, -0.2) is 8.42 Å². The van der Waals surface area contributed by atoms with Crippen molar-refractivity contribution in [3.63, 3.8) is 0 Å². The predicted molar refractivity (Wildman–Crippen MR) is 81.5 cm³/mol. The molecule has 0 heterocycles. The molecule has 4 nitrogen and oxygen atoms in total. The summed E-state index contributed by atoms with van der Waals surface area (Å²) < 4.78 is 24.4. The van der Waals surface area contributed by atoms with Crippen LogP contribution in [0.15, 0.2) is 35.2 Å². The van der Waals surface area contributed by atoms with E-state index in [0.29, 0.717) is 18.0 Å². The minimum atomic E-state index is -3.23. The van der Waals surface area contributed by atoms with Crippen LogP contribution in [0.2, 0.25) is 0 Å². The van der Waals surface area contributed by atoms with Gasteiger partial charge in [-0.05, 0) is 25.1 Å². The van der Waals surface area contributed by atoms with Gasteiger partial charge in [0.2, 0.25) is 0 Å². The Balaban J connectivity index is 2.53. The summed E-state index contributed by atoms with van der Waals surface area (Å²) in [4.78, 5) is 2.40. The van der Waals surface area contributed by atoms with E-state index in [2.05, 4.69) is 6.92 Å². The molecule has 1 rings (SSSR count). The molecule has 1 aromatic rings. The van der Waals surface area contributed by atoms with Crippen LogP contribution >= 0.6 is 0 Å². The summed E-state index contributed by atoms with van der Waals surface area (Å²) in [6, 6.07) is 8.53. The van der Waals surface area contributed by atoms with Gasteiger partial charge < -0.3 is 10.0 Å². The Hall–Kier alpha value is -0.910. The largest absolute Gasteiger partial charge is 0.395 e. The number of nitrogens with zero attached hydrogens (tertiary/aromatic N) is 1. The van der Waals surface area contributed by atoms with Crippen LogP contribution in [-0.4, -0.2) is 50.4 Å². The predicted octanol–water partition coefficient (Wildman–Crippen LogP) is 1.94. The summed E-state index contributed by atoms with van der Waals surface area (Å²) in [6.07, 6.45) is 3.31. The van der Waals surface area contributed by atoms with Gasteiger partial charge in [0.05, 0.1) is 17.3 Å². The van der Waals surface area contributed by atoms with Crippen molar-refractivity contribution in [1.29, 1.82) is 0 Å². The highest BCUT2D eigenvalue weighted by molar-refractivity contribution is 7.91. The van der Waals surface area contributed by atoms with Gasteiger partial charge in [-0.1, -0.05) is 38.0 Å². The third kappa shape index (κ3) is 6.03. The van der Waals surface area contributed by atoms with Crippen LogP contribution in [0, 0.1) is 0 Å².